The first-order valence-electron chi connectivity index (χ1n) is 22.0. The Kier molecular flexibility index (Phi) is 10.6. The lowest BCUT2D eigenvalue weighted by Crippen LogP contribution is -2.55. The van der Waals surface area contributed by atoms with E-state index in [0.717, 1.165) is 82.5 Å². The molecule has 8 atom stereocenters. The van der Waals surface area contributed by atoms with Gasteiger partial charge in [-0.1, -0.05) is 51.4 Å². The molecule has 9 rings (SSSR count). The van der Waals surface area contributed by atoms with Crippen molar-refractivity contribution in [2.45, 2.75) is 220 Å². The van der Waals surface area contributed by atoms with E-state index in [9.17, 15) is 0 Å². The lowest BCUT2D eigenvalue weighted by molar-refractivity contribution is -0.00819. The number of piperidine rings is 1. The van der Waals surface area contributed by atoms with Crippen LogP contribution in [-0.4, -0.2) is 75.8 Å². The highest BCUT2D eigenvalue weighted by Crippen LogP contribution is 2.52. The van der Waals surface area contributed by atoms with Gasteiger partial charge in [-0.25, -0.2) is 0 Å². The zero-order valence-corrected chi connectivity index (χ0v) is 31.0. The molecule has 266 valence electrons. The van der Waals surface area contributed by atoms with Crippen molar-refractivity contribution in [1.29, 1.82) is 0 Å². The number of nitrogens with one attached hydrogen (secondary N) is 2. The molecule has 3 saturated heterocycles. The van der Waals surface area contributed by atoms with Gasteiger partial charge in [0.15, 0.2) is 0 Å². The molecule has 0 aromatic rings. The molecule has 6 saturated carbocycles. The summed E-state index contributed by atoms with van der Waals surface area (Å²) in [5, 5.41) is 9.78. The van der Waals surface area contributed by atoms with Crippen LogP contribution in [-0.2, 0) is 0 Å². The van der Waals surface area contributed by atoms with Gasteiger partial charge in [0.1, 0.15) is 0 Å². The van der Waals surface area contributed by atoms with Crippen molar-refractivity contribution in [1.82, 2.24) is 20.4 Å². The Morgan fingerprint density at radius 1 is 0.511 bits per heavy atom. The zero-order chi connectivity index (χ0) is 31.2. The van der Waals surface area contributed by atoms with Crippen molar-refractivity contribution in [3.8, 4) is 0 Å². The number of fused-ring (bicyclic) bond motifs is 4. The molecule has 9 aliphatic rings. The first-order valence-corrected chi connectivity index (χ1v) is 22.9. The molecule has 9 fully saturated rings. The Morgan fingerprint density at radius 3 is 1.83 bits per heavy atom. The third kappa shape index (κ3) is 6.80. The molecule has 2 N–H and O–H groups in total. The van der Waals surface area contributed by atoms with Crippen molar-refractivity contribution >= 4 is 11.8 Å². The fraction of sp³-hybridized carbons (Fsp3) is 1.00. The number of likely N-dealkylation sites (tertiary alicyclic amines) is 1. The predicted molar refractivity (Wildman–Crippen MR) is 199 cm³/mol. The molecule has 3 heterocycles. The first-order chi connectivity index (χ1) is 23.3. The minimum absolute atomic E-state index is 0.785. The summed E-state index contributed by atoms with van der Waals surface area (Å²) in [6, 6.07) is 6.24. The Bertz CT molecular complexity index is 963. The maximum Gasteiger partial charge on any atom is 0.0566 e. The second-order valence-corrected chi connectivity index (χ2v) is 20.2. The molecule has 0 spiro atoms. The highest BCUT2D eigenvalue weighted by Gasteiger charge is 2.54. The molecule has 0 aromatic heterocycles. The number of rotatable bonds is 6. The van der Waals surface area contributed by atoms with Crippen LogP contribution < -0.4 is 10.6 Å². The summed E-state index contributed by atoms with van der Waals surface area (Å²) in [4.78, 5) is 6.52. The van der Waals surface area contributed by atoms with Crippen molar-refractivity contribution in [2.75, 3.05) is 13.1 Å². The smallest absolute Gasteiger partial charge is 0.0566 e. The molecule has 0 aromatic carbocycles. The summed E-state index contributed by atoms with van der Waals surface area (Å²) in [6.07, 6.45) is 39.1. The van der Waals surface area contributed by atoms with Crippen LogP contribution in [0.4, 0.5) is 0 Å². The minimum atomic E-state index is 0.785. The van der Waals surface area contributed by atoms with Gasteiger partial charge in [0.25, 0.3) is 0 Å². The second-order valence-electron chi connectivity index (χ2n) is 18.8. The summed E-state index contributed by atoms with van der Waals surface area (Å²) in [6.45, 7) is 2.58. The van der Waals surface area contributed by atoms with Gasteiger partial charge in [0.05, 0.1) is 5.37 Å². The standard InChI is InChI=1S/C42H72N4S/c1-3-9-32(10-4-1)45(33-11-5-2-6-12-33)35-23-24-39-36(27-35)37-28-43-26-25-40(37)46(39)34-21-19-30(20-22-34)29-15-17-31(18-16-29)42-44-38-13-7-8-14-41(38)47-42/h29-44H,1-28H2. The van der Waals surface area contributed by atoms with Crippen LogP contribution in [0, 0.1) is 29.6 Å². The van der Waals surface area contributed by atoms with Crippen LogP contribution in [0.2, 0.25) is 0 Å². The van der Waals surface area contributed by atoms with Crippen LogP contribution in [0.15, 0.2) is 0 Å². The molecule has 3 aliphatic heterocycles. The third-order valence-corrected chi connectivity index (χ3v) is 18.3. The predicted octanol–water partition coefficient (Wildman–Crippen LogP) is 9.12. The van der Waals surface area contributed by atoms with Crippen LogP contribution >= 0.6 is 11.8 Å². The van der Waals surface area contributed by atoms with Crippen molar-refractivity contribution in [3.63, 3.8) is 0 Å². The largest absolute Gasteiger partial charge is 0.316 e. The molecule has 47 heavy (non-hydrogen) atoms. The van der Waals surface area contributed by atoms with Crippen LogP contribution in [0.1, 0.15) is 167 Å². The number of hydrogen-bond donors (Lipinski definition) is 2. The average Bonchev–Trinajstić information content (AvgIpc) is 3.72. The minimum Gasteiger partial charge on any atom is -0.316 e. The van der Waals surface area contributed by atoms with E-state index in [2.05, 4.69) is 32.2 Å². The van der Waals surface area contributed by atoms with Crippen LogP contribution in [0.5, 0.6) is 0 Å². The van der Waals surface area contributed by atoms with Gasteiger partial charge in [0, 0.05) is 47.5 Å². The molecule has 0 radical (unpaired) electrons. The molecule has 0 amide bonds. The maximum absolute atomic E-state index is 4.13. The highest BCUT2D eigenvalue weighted by atomic mass is 32.2. The number of nitrogens with zero attached hydrogens (tertiary/aromatic N) is 2. The molecular weight excluding hydrogens is 593 g/mol. The van der Waals surface area contributed by atoms with Crippen LogP contribution in [0.25, 0.3) is 0 Å². The topological polar surface area (TPSA) is 30.5 Å². The Balaban J connectivity index is 0.817. The van der Waals surface area contributed by atoms with Crippen LogP contribution in [0.3, 0.4) is 0 Å². The van der Waals surface area contributed by atoms with E-state index in [1.807, 2.05) is 0 Å². The third-order valence-electron chi connectivity index (χ3n) is 16.5. The summed E-state index contributed by atoms with van der Waals surface area (Å²) in [5.41, 5.74) is 0. The summed E-state index contributed by atoms with van der Waals surface area (Å²) >= 11 is 2.36. The molecule has 8 unspecified atom stereocenters. The molecule has 6 aliphatic carbocycles. The molecule has 4 nitrogen and oxygen atoms in total. The van der Waals surface area contributed by atoms with E-state index in [1.165, 1.54) is 154 Å². The normalized spacial score (nSPS) is 47.4. The van der Waals surface area contributed by atoms with Gasteiger partial charge in [-0.15, -0.1) is 11.8 Å². The lowest BCUT2D eigenvalue weighted by atomic mass is 9.70. The fourth-order valence-electron chi connectivity index (χ4n) is 14.3. The number of thioether (sulfide) groups is 1. The van der Waals surface area contributed by atoms with E-state index in [4.69, 9.17) is 0 Å². The van der Waals surface area contributed by atoms with E-state index in [-0.39, 0.29) is 0 Å². The van der Waals surface area contributed by atoms with Crippen molar-refractivity contribution in [3.05, 3.63) is 0 Å². The first kappa shape index (κ1) is 33.1. The van der Waals surface area contributed by atoms with Gasteiger partial charge in [-0.3, -0.25) is 9.80 Å². The fourth-order valence-corrected chi connectivity index (χ4v) is 16.1. The van der Waals surface area contributed by atoms with E-state index < -0.39 is 0 Å². The van der Waals surface area contributed by atoms with Gasteiger partial charge in [0.2, 0.25) is 0 Å². The Morgan fingerprint density at radius 2 is 1.13 bits per heavy atom. The number of hydrogen-bond acceptors (Lipinski definition) is 5. The Labute approximate surface area is 293 Å². The second kappa shape index (κ2) is 15.0. The van der Waals surface area contributed by atoms with Gasteiger partial charge >= 0.3 is 0 Å². The lowest BCUT2D eigenvalue weighted by Gasteiger charge is -2.50. The molecule has 5 heteroatoms. The zero-order valence-electron chi connectivity index (χ0n) is 30.2. The van der Waals surface area contributed by atoms with Gasteiger partial charge in [-0.05, 0) is 158 Å². The highest BCUT2D eigenvalue weighted by molar-refractivity contribution is 8.00. The summed E-state index contributed by atoms with van der Waals surface area (Å²) < 4.78 is 0. The monoisotopic (exact) mass is 665 g/mol. The van der Waals surface area contributed by atoms with Gasteiger partial charge in [-0.2, -0.15) is 0 Å². The Hall–Kier alpha value is 0.190. The van der Waals surface area contributed by atoms with Gasteiger partial charge < -0.3 is 10.6 Å². The summed E-state index contributed by atoms with van der Waals surface area (Å²) in [7, 11) is 0. The van der Waals surface area contributed by atoms with E-state index in [1.54, 1.807) is 25.7 Å². The quantitative estimate of drug-likeness (QED) is 0.296. The average molecular weight is 665 g/mol. The van der Waals surface area contributed by atoms with Crippen molar-refractivity contribution < 1.29 is 0 Å². The maximum atomic E-state index is 4.13. The summed E-state index contributed by atoms with van der Waals surface area (Å²) in [5.74, 6) is 4.92. The van der Waals surface area contributed by atoms with Crippen molar-refractivity contribution in [2.24, 2.45) is 29.6 Å². The molecule has 0 bridgehead atoms. The molecular formula is C42H72N4S. The SMILES string of the molecule is C1CCC(N(C2CCCCC2)C2CCC3C(C2)C2CNCCC2N3C2CCC(C3CCC(C4NC5CCCCC5S4)CC3)CC2)CC1. The van der Waals surface area contributed by atoms with E-state index in [0.29, 0.717) is 0 Å². The van der Waals surface area contributed by atoms with E-state index >= 15 is 0 Å².